The average Bonchev–Trinajstić information content (AvgIpc) is 2.64. The SMILES string of the molecule is COC(=O)Cc1c(C)[nH]c2cc(F)c(OC)cc12. The molecule has 2 aromatic rings. The van der Waals surface area contributed by atoms with Crippen LogP contribution in [0.5, 0.6) is 5.75 Å². The molecular weight excluding hydrogens is 237 g/mol. The minimum Gasteiger partial charge on any atom is -0.494 e. The summed E-state index contributed by atoms with van der Waals surface area (Å²) >= 11 is 0. The number of aromatic amines is 1. The number of ether oxygens (including phenoxy) is 2. The number of carbonyl (C=O) groups excluding carboxylic acids is 1. The zero-order chi connectivity index (χ0) is 13.3. The van der Waals surface area contributed by atoms with Crippen molar-refractivity contribution in [3.05, 3.63) is 29.2 Å². The van der Waals surface area contributed by atoms with Crippen molar-refractivity contribution in [3.8, 4) is 5.75 Å². The number of aromatic nitrogens is 1. The van der Waals surface area contributed by atoms with Gasteiger partial charge in [-0.2, -0.15) is 0 Å². The summed E-state index contributed by atoms with van der Waals surface area (Å²) in [5.41, 5.74) is 2.27. The fraction of sp³-hybridized carbons (Fsp3) is 0.308. The number of H-pyrrole nitrogens is 1. The van der Waals surface area contributed by atoms with Crippen molar-refractivity contribution in [2.75, 3.05) is 14.2 Å². The fourth-order valence-electron chi connectivity index (χ4n) is 1.99. The van der Waals surface area contributed by atoms with E-state index in [0.717, 1.165) is 16.6 Å². The molecule has 1 aromatic heterocycles. The minimum absolute atomic E-state index is 0.150. The van der Waals surface area contributed by atoms with Crippen molar-refractivity contribution in [1.82, 2.24) is 4.98 Å². The van der Waals surface area contributed by atoms with Gasteiger partial charge in [-0.25, -0.2) is 4.39 Å². The number of benzene rings is 1. The van der Waals surface area contributed by atoms with Crippen molar-refractivity contribution in [3.63, 3.8) is 0 Å². The summed E-state index contributed by atoms with van der Waals surface area (Å²) in [5.74, 6) is -0.606. The second kappa shape index (κ2) is 4.68. The fourth-order valence-corrected chi connectivity index (χ4v) is 1.99. The van der Waals surface area contributed by atoms with Crippen molar-refractivity contribution in [1.29, 1.82) is 0 Å². The number of methoxy groups -OCH3 is 2. The first kappa shape index (κ1) is 12.4. The lowest BCUT2D eigenvalue weighted by molar-refractivity contribution is -0.139. The second-order valence-electron chi connectivity index (χ2n) is 4.01. The third-order valence-electron chi connectivity index (χ3n) is 2.94. The number of aryl methyl sites for hydroxylation is 1. The number of esters is 1. The molecule has 18 heavy (non-hydrogen) atoms. The highest BCUT2D eigenvalue weighted by atomic mass is 19.1. The van der Waals surface area contributed by atoms with E-state index >= 15 is 0 Å². The molecule has 0 saturated carbocycles. The topological polar surface area (TPSA) is 51.3 Å². The van der Waals surface area contributed by atoms with E-state index in [0.29, 0.717) is 5.52 Å². The lowest BCUT2D eigenvalue weighted by Gasteiger charge is -2.03. The molecule has 4 nitrogen and oxygen atoms in total. The summed E-state index contributed by atoms with van der Waals surface area (Å²) in [6, 6.07) is 2.95. The molecule has 96 valence electrons. The molecule has 1 aromatic carbocycles. The van der Waals surface area contributed by atoms with Gasteiger partial charge < -0.3 is 14.5 Å². The van der Waals surface area contributed by atoms with Gasteiger partial charge in [0.1, 0.15) is 0 Å². The van der Waals surface area contributed by atoms with Crippen molar-refractivity contribution < 1.29 is 18.7 Å². The summed E-state index contributed by atoms with van der Waals surface area (Å²) in [6.07, 6.45) is 0.150. The molecule has 1 N–H and O–H groups in total. The highest BCUT2D eigenvalue weighted by Gasteiger charge is 2.15. The predicted octanol–water partition coefficient (Wildman–Crippen LogP) is 2.34. The Kier molecular flexibility index (Phi) is 3.23. The Bertz CT molecular complexity index is 604. The molecule has 0 aliphatic heterocycles. The van der Waals surface area contributed by atoms with Crippen LogP contribution in [0.25, 0.3) is 10.9 Å². The first-order valence-electron chi connectivity index (χ1n) is 5.48. The number of nitrogens with one attached hydrogen (secondary N) is 1. The van der Waals surface area contributed by atoms with E-state index in [1.54, 1.807) is 6.07 Å². The largest absolute Gasteiger partial charge is 0.494 e. The Morgan fingerprint density at radius 1 is 1.39 bits per heavy atom. The molecule has 0 atom stereocenters. The first-order valence-corrected chi connectivity index (χ1v) is 5.48. The van der Waals surface area contributed by atoms with Crippen LogP contribution in [0.1, 0.15) is 11.3 Å². The van der Waals surface area contributed by atoms with Gasteiger partial charge in [0.15, 0.2) is 11.6 Å². The van der Waals surface area contributed by atoms with Gasteiger partial charge in [-0.05, 0) is 18.6 Å². The number of carbonyl (C=O) groups is 1. The number of hydrogen-bond acceptors (Lipinski definition) is 3. The first-order chi connectivity index (χ1) is 8.56. The number of rotatable bonds is 3. The van der Waals surface area contributed by atoms with Gasteiger partial charge in [-0.3, -0.25) is 4.79 Å². The summed E-state index contributed by atoms with van der Waals surface area (Å²) in [4.78, 5) is 14.4. The molecule has 0 spiro atoms. The van der Waals surface area contributed by atoms with Gasteiger partial charge in [0.05, 0.1) is 20.6 Å². The molecule has 1 heterocycles. The van der Waals surface area contributed by atoms with E-state index < -0.39 is 5.82 Å². The third-order valence-corrected chi connectivity index (χ3v) is 2.94. The molecule has 2 rings (SSSR count). The zero-order valence-corrected chi connectivity index (χ0v) is 10.5. The minimum atomic E-state index is -0.434. The highest BCUT2D eigenvalue weighted by molar-refractivity contribution is 5.89. The monoisotopic (exact) mass is 251 g/mol. The highest BCUT2D eigenvalue weighted by Crippen LogP contribution is 2.29. The number of hydrogen-bond donors (Lipinski definition) is 1. The third kappa shape index (κ3) is 2.03. The quantitative estimate of drug-likeness (QED) is 0.852. The molecule has 0 aliphatic carbocycles. The van der Waals surface area contributed by atoms with Crippen LogP contribution in [-0.4, -0.2) is 25.2 Å². The maximum atomic E-state index is 13.6. The van der Waals surface area contributed by atoms with Crippen molar-refractivity contribution in [2.24, 2.45) is 0 Å². The Labute approximate surface area is 104 Å². The van der Waals surface area contributed by atoms with Gasteiger partial charge in [-0.1, -0.05) is 0 Å². The van der Waals surface area contributed by atoms with Crippen LogP contribution in [0.3, 0.4) is 0 Å². The van der Waals surface area contributed by atoms with E-state index in [1.807, 2.05) is 6.92 Å². The van der Waals surface area contributed by atoms with E-state index in [2.05, 4.69) is 9.72 Å². The van der Waals surface area contributed by atoms with Crippen LogP contribution in [0.2, 0.25) is 0 Å². The van der Waals surface area contributed by atoms with Gasteiger partial charge in [-0.15, -0.1) is 0 Å². The molecule has 0 radical (unpaired) electrons. The van der Waals surface area contributed by atoms with Gasteiger partial charge >= 0.3 is 5.97 Å². The van der Waals surface area contributed by atoms with E-state index in [-0.39, 0.29) is 18.1 Å². The van der Waals surface area contributed by atoms with E-state index in [4.69, 9.17) is 4.74 Å². The molecule has 0 unspecified atom stereocenters. The molecule has 5 heteroatoms. The van der Waals surface area contributed by atoms with E-state index in [9.17, 15) is 9.18 Å². The normalized spacial score (nSPS) is 10.7. The molecule has 0 bridgehead atoms. The number of fused-ring (bicyclic) bond motifs is 1. The lowest BCUT2D eigenvalue weighted by atomic mass is 10.1. The van der Waals surface area contributed by atoms with Crippen LogP contribution in [0, 0.1) is 12.7 Å². The molecule has 0 amide bonds. The molecule has 0 aliphatic rings. The molecule has 0 saturated heterocycles. The maximum absolute atomic E-state index is 13.6. The Balaban J connectivity index is 2.58. The van der Waals surface area contributed by atoms with Gasteiger partial charge in [0.25, 0.3) is 0 Å². The molecule has 0 fully saturated rings. The zero-order valence-electron chi connectivity index (χ0n) is 10.5. The Morgan fingerprint density at radius 3 is 2.72 bits per heavy atom. The smallest absolute Gasteiger partial charge is 0.310 e. The summed E-state index contributed by atoms with van der Waals surface area (Å²) in [7, 11) is 2.75. The van der Waals surface area contributed by atoms with Crippen LogP contribution in [-0.2, 0) is 16.0 Å². The standard InChI is InChI=1S/C13H14FNO3/c1-7-8(5-13(16)18-3)9-4-12(17-2)10(14)6-11(9)15-7/h4,6,15H,5H2,1-3H3. The van der Waals surface area contributed by atoms with Crippen LogP contribution in [0.15, 0.2) is 12.1 Å². The van der Waals surface area contributed by atoms with E-state index in [1.165, 1.54) is 20.3 Å². The van der Waals surface area contributed by atoms with Gasteiger partial charge in [0, 0.05) is 22.7 Å². The summed E-state index contributed by atoms with van der Waals surface area (Å²) in [5, 5.41) is 0.774. The Morgan fingerprint density at radius 2 is 2.11 bits per heavy atom. The second-order valence-corrected chi connectivity index (χ2v) is 4.01. The number of halogens is 1. The van der Waals surface area contributed by atoms with Crippen LogP contribution in [0.4, 0.5) is 4.39 Å². The summed E-state index contributed by atoms with van der Waals surface area (Å²) in [6.45, 7) is 1.84. The average molecular weight is 251 g/mol. The van der Waals surface area contributed by atoms with Crippen molar-refractivity contribution >= 4 is 16.9 Å². The Hall–Kier alpha value is -2.04. The predicted molar refractivity (Wildman–Crippen MR) is 65.3 cm³/mol. The van der Waals surface area contributed by atoms with Crippen molar-refractivity contribution in [2.45, 2.75) is 13.3 Å². The lowest BCUT2D eigenvalue weighted by Crippen LogP contribution is -2.05. The maximum Gasteiger partial charge on any atom is 0.310 e. The van der Waals surface area contributed by atoms with Gasteiger partial charge in [0.2, 0.25) is 0 Å². The van der Waals surface area contributed by atoms with Crippen LogP contribution < -0.4 is 4.74 Å². The molecular formula is C13H14FNO3. The summed E-state index contributed by atoms with van der Waals surface area (Å²) < 4.78 is 23.1. The van der Waals surface area contributed by atoms with Crippen LogP contribution >= 0.6 is 0 Å².